The number of hydrogen-bond donors (Lipinski definition) is 2. The van der Waals surface area contributed by atoms with E-state index >= 15 is 0 Å². The molecule has 0 aliphatic heterocycles. The maximum Gasteiger partial charge on any atom is 0.252 e. The molecule has 2 amide bonds. The molecule has 1 aromatic rings. The fourth-order valence-electron chi connectivity index (χ4n) is 1.83. The standard InChI is InChI=1S/C15H25N3O4S2/c1-12(2)15(20)17-9-8-16-13(19)6-4-10-18(3)24(21,22)14-7-5-11-23-14/h5,7,11-12H,4,6,8-10H2,1-3H3,(H,16,19)(H,17,20). The minimum Gasteiger partial charge on any atom is -0.354 e. The summed E-state index contributed by atoms with van der Waals surface area (Å²) in [4.78, 5) is 23.0. The summed E-state index contributed by atoms with van der Waals surface area (Å²) in [7, 11) is -1.95. The lowest BCUT2D eigenvalue weighted by Gasteiger charge is -2.15. The van der Waals surface area contributed by atoms with Crippen LogP contribution < -0.4 is 10.6 Å². The molecule has 1 rings (SSSR count). The second kappa shape index (κ2) is 9.75. The fraction of sp³-hybridized carbons (Fsp3) is 0.600. The fourth-order valence-corrected chi connectivity index (χ4v) is 4.24. The molecule has 0 saturated carbocycles. The van der Waals surface area contributed by atoms with Crippen LogP contribution in [0.5, 0.6) is 0 Å². The zero-order chi connectivity index (χ0) is 18.2. The van der Waals surface area contributed by atoms with Gasteiger partial charge in [-0.25, -0.2) is 12.7 Å². The van der Waals surface area contributed by atoms with Gasteiger partial charge in [0.1, 0.15) is 4.21 Å². The van der Waals surface area contributed by atoms with Crippen molar-refractivity contribution < 1.29 is 18.0 Å². The summed E-state index contributed by atoms with van der Waals surface area (Å²) in [6, 6.07) is 3.26. The Hall–Kier alpha value is -1.45. The first-order chi connectivity index (χ1) is 11.2. The lowest BCUT2D eigenvalue weighted by atomic mass is 10.2. The average molecular weight is 376 g/mol. The van der Waals surface area contributed by atoms with E-state index in [0.717, 1.165) is 0 Å². The van der Waals surface area contributed by atoms with Crippen molar-refractivity contribution in [2.45, 2.75) is 30.9 Å². The Morgan fingerprint density at radius 3 is 2.50 bits per heavy atom. The summed E-state index contributed by atoms with van der Waals surface area (Å²) in [6.07, 6.45) is 0.674. The highest BCUT2D eigenvalue weighted by Crippen LogP contribution is 2.19. The minimum atomic E-state index is -3.46. The lowest BCUT2D eigenvalue weighted by Crippen LogP contribution is -2.36. The van der Waals surface area contributed by atoms with Gasteiger partial charge < -0.3 is 10.6 Å². The van der Waals surface area contributed by atoms with Gasteiger partial charge in [0.2, 0.25) is 11.8 Å². The van der Waals surface area contributed by atoms with E-state index in [1.54, 1.807) is 31.4 Å². The highest BCUT2D eigenvalue weighted by Gasteiger charge is 2.21. The largest absolute Gasteiger partial charge is 0.354 e. The van der Waals surface area contributed by atoms with Gasteiger partial charge in [-0.3, -0.25) is 9.59 Å². The lowest BCUT2D eigenvalue weighted by molar-refractivity contribution is -0.124. The van der Waals surface area contributed by atoms with Gasteiger partial charge in [0.15, 0.2) is 0 Å². The molecule has 0 atom stereocenters. The van der Waals surface area contributed by atoms with E-state index in [4.69, 9.17) is 0 Å². The van der Waals surface area contributed by atoms with E-state index in [9.17, 15) is 18.0 Å². The van der Waals surface area contributed by atoms with Gasteiger partial charge in [0.05, 0.1) is 0 Å². The predicted molar refractivity (Wildman–Crippen MR) is 94.2 cm³/mol. The van der Waals surface area contributed by atoms with Crippen LogP contribution in [-0.2, 0) is 19.6 Å². The predicted octanol–water partition coefficient (Wildman–Crippen LogP) is 1.04. The third-order valence-corrected chi connectivity index (χ3v) is 6.54. The Morgan fingerprint density at radius 2 is 1.92 bits per heavy atom. The molecule has 7 nitrogen and oxygen atoms in total. The van der Waals surface area contributed by atoms with Crippen LogP contribution in [0.15, 0.2) is 21.7 Å². The van der Waals surface area contributed by atoms with Crippen LogP contribution in [-0.4, -0.2) is 51.2 Å². The topological polar surface area (TPSA) is 95.6 Å². The molecule has 0 fully saturated rings. The molecule has 0 saturated heterocycles. The van der Waals surface area contributed by atoms with Crippen molar-refractivity contribution in [3.8, 4) is 0 Å². The number of amides is 2. The molecule has 2 N–H and O–H groups in total. The van der Waals surface area contributed by atoms with Crippen LogP contribution in [0.3, 0.4) is 0 Å². The van der Waals surface area contributed by atoms with Gasteiger partial charge in [-0.05, 0) is 17.9 Å². The van der Waals surface area contributed by atoms with E-state index in [-0.39, 0.29) is 30.7 Å². The van der Waals surface area contributed by atoms with Gasteiger partial charge >= 0.3 is 0 Å². The maximum atomic E-state index is 12.2. The number of thiophene rings is 1. The molecular formula is C15H25N3O4S2. The van der Waals surface area contributed by atoms with Crippen molar-refractivity contribution in [3.63, 3.8) is 0 Å². The van der Waals surface area contributed by atoms with Crippen molar-refractivity contribution in [1.29, 1.82) is 0 Å². The minimum absolute atomic E-state index is 0.0512. The highest BCUT2D eigenvalue weighted by molar-refractivity contribution is 7.91. The SMILES string of the molecule is CC(C)C(=O)NCCNC(=O)CCCN(C)S(=O)(=O)c1cccs1. The molecule has 1 heterocycles. The van der Waals surface area contributed by atoms with Crippen LogP contribution in [0.25, 0.3) is 0 Å². The van der Waals surface area contributed by atoms with Gasteiger partial charge in [-0.2, -0.15) is 0 Å². The molecule has 136 valence electrons. The first-order valence-electron chi connectivity index (χ1n) is 7.79. The molecule has 9 heteroatoms. The molecule has 0 aliphatic rings. The summed E-state index contributed by atoms with van der Waals surface area (Å²) >= 11 is 1.17. The quantitative estimate of drug-likeness (QED) is 0.597. The first kappa shape index (κ1) is 20.6. The number of carbonyl (C=O) groups is 2. The Balaban J connectivity index is 2.22. The van der Waals surface area contributed by atoms with Gasteiger partial charge in [0, 0.05) is 39.0 Å². The Morgan fingerprint density at radius 1 is 1.25 bits per heavy atom. The van der Waals surface area contributed by atoms with E-state index in [1.807, 2.05) is 0 Å². The Labute approximate surface area is 147 Å². The van der Waals surface area contributed by atoms with Crippen molar-refractivity contribution in [1.82, 2.24) is 14.9 Å². The molecule has 24 heavy (non-hydrogen) atoms. The van der Waals surface area contributed by atoms with Crippen molar-refractivity contribution in [2.75, 3.05) is 26.7 Å². The number of nitrogens with one attached hydrogen (secondary N) is 2. The summed E-state index contributed by atoms with van der Waals surface area (Å²) < 4.78 is 25.9. The zero-order valence-electron chi connectivity index (χ0n) is 14.2. The Kier molecular flexibility index (Phi) is 8.37. The molecule has 0 unspecified atom stereocenters. The summed E-state index contributed by atoms with van der Waals surface area (Å²) in [5.41, 5.74) is 0. The third kappa shape index (κ3) is 6.58. The first-order valence-corrected chi connectivity index (χ1v) is 10.1. The molecule has 0 bridgehead atoms. The van der Waals surface area contributed by atoms with Crippen molar-refractivity contribution >= 4 is 33.2 Å². The highest BCUT2D eigenvalue weighted by atomic mass is 32.2. The van der Waals surface area contributed by atoms with E-state index in [0.29, 0.717) is 23.7 Å². The van der Waals surface area contributed by atoms with Crippen LogP contribution in [0.2, 0.25) is 0 Å². The number of sulfonamides is 1. The number of nitrogens with zero attached hydrogens (tertiary/aromatic N) is 1. The van der Waals surface area contributed by atoms with E-state index in [1.165, 1.54) is 22.7 Å². The van der Waals surface area contributed by atoms with Crippen LogP contribution in [0.4, 0.5) is 0 Å². The van der Waals surface area contributed by atoms with Crippen LogP contribution >= 0.6 is 11.3 Å². The number of hydrogen-bond acceptors (Lipinski definition) is 5. The second-order valence-corrected chi connectivity index (χ2v) is 8.88. The van der Waals surface area contributed by atoms with Crippen LogP contribution in [0.1, 0.15) is 26.7 Å². The Bertz CT molecular complexity index is 627. The zero-order valence-corrected chi connectivity index (χ0v) is 15.9. The molecule has 0 aliphatic carbocycles. The van der Waals surface area contributed by atoms with E-state index < -0.39 is 10.0 Å². The number of carbonyl (C=O) groups excluding carboxylic acids is 2. The summed E-state index contributed by atoms with van der Waals surface area (Å²) in [5, 5.41) is 7.12. The van der Waals surface area contributed by atoms with Crippen molar-refractivity contribution in [2.24, 2.45) is 5.92 Å². The third-order valence-electron chi connectivity index (χ3n) is 3.31. The van der Waals surface area contributed by atoms with Gasteiger partial charge in [-0.15, -0.1) is 11.3 Å². The molecular weight excluding hydrogens is 350 g/mol. The maximum absolute atomic E-state index is 12.2. The van der Waals surface area contributed by atoms with E-state index in [2.05, 4.69) is 10.6 Å². The average Bonchev–Trinajstić information content (AvgIpc) is 3.06. The number of rotatable bonds is 10. The second-order valence-electron chi connectivity index (χ2n) is 5.66. The monoisotopic (exact) mass is 375 g/mol. The molecule has 0 spiro atoms. The van der Waals surface area contributed by atoms with Gasteiger partial charge in [0.25, 0.3) is 10.0 Å². The summed E-state index contributed by atoms with van der Waals surface area (Å²) in [5.74, 6) is -0.290. The van der Waals surface area contributed by atoms with Gasteiger partial charge in [-0.1, -0.05) is 19.9 Å². The molecule has 1 aromatic heterocycles. The van der Waals surface area contributed by atoms with Crippen molar-refractivity contribution in [3.05, 3.63) is 17.5 Å². The molecule has 0 radical (unpaired) electrons. The summed E-state index contributed by atoms with van der Waals surface area (Å²) in [6.45, 7) is 4.62. The molecule has 0 aromatic carbocycles. The smallest absolute Gasteiger partial charge is 0.252 e. The normalized spacial score (nSPS) is 11.7. The van der Waals surface area contributed by atoms with Crippen LogP contribution in [0, 0.1) is 5.92 Å².